The quantitative estimate of drug-likeness (QED) is 0.274. The maximum atomic E-state index is 13.2. The molecule has 3 aromatic carbocycles. The van der Waals surface area contributed by atoms with Crippen molar-refractivity contribution in [1.29, 1.82) is 0 Å². The molecule has 1 saturated heterocycles. The van der Waals surface area contributed by atoms with Gasteiger partial charge in [0.15, 0.2) is 17.8 Å². The predicted molar refractivity (Wildman–Crippen MR) is 150 cm³/mol. The lowest BCUT2D eigenvalue weighted by Crippen LogP contribution is -2.30. The molecular weight excluding hydrogens is 549 g/mol. The van der Waals surface area contributed by atoms with Gasteiger partial charge in [-0.2, -0.15) is 0 Å². The van der Waals surface area contributed by atoms with Gasteiger partial charge in [-0.15, -0.1) is 0 Å². The van der Waals surface area contributed by atoms with Crippen molar-refractivity contribution in [2.24, 2.45) is 0 Å². The van der Waals surface area contributed by atoms with Crippen LogP contribution in [-0.2, 0) is 21.3 Å². The Morgan fingerprint density at radius 1 is 1.05 bits per heavy atom. The summed E-state index contributed by atoms with van der Waals surface area (Å²) >= 11 is 0. The topological polar surface area (TPSA) is 107 Å². The van der Waals surface area contributed by atoms with Gasteiger partial charge in [0, 0.05) is 48.4 Å². The number of ether oxygens (including phenoxy) is 3. The van der Waals surface area contributed by atoms with E-state index in [-0.39, 0.29) is 16.7 Å². The summed E-state index contributed by atoms with van der Waals surface area (Å²) in [5.74, 6) is -0.303. The van der Waals surface area contributed by atoms with Crippen LogP contribution in [0, 0.1) is 5.82 Å². The molecule has 9 nitrogen and oxygen atoms in total. The molecule has 0 aliphatic carbocycles. The standard InChI is InChI=1S/C30H28FN3O6S/c1-38-27-15-12-25(18-28(27)40-29-5-3-17-39-29)34(20-21-4-2-16-32-19-21)24-10-13-26(14-11-24)41(36,37)33-30(35)22-6-8-23(31)9-7-22/h2,4,6-16,18-19,29H,3,5,17,20H2,1H3,(H,33,35). The number of hydrogen-bond acceptors (Lipinski definition) is 8. The number of hydrogen-bond donors (Lipinski definition) is 1. The third kappa shape index (κ3) is 6.82. The van der Waals surface area contributed by atoms with Gasteiger partial charge in [0.1, 0.15) is 5.82 Å². The number of pyridine rings is 1. The Morgan fingerprint density at radius 3 is 2.46 bits per heavy atom. The van der Waals surface area contributed by atoms with Crippen molar-refractivity contribution in [3.8, 4) is 11.5 Å². The Hall–Kier alpha value is -4.48. The summed E-state index contributed by atoms with van der Waals surface area (Å²) in [6.45, 7) is 1.06. The molecule has 1 fully saturated rings. The highest BCUT2D eigenvalue weighted by Gasteiger charge is 2.22. The molecule has 41 heavy (non-hydrogen) atoms. The molecule has 212 valence electrons. The van der Waals surface area contributed by atoms with Gasteiger partial charge in [-0.05, 0) is 78.7 Å². The van der Waals surface area contributed by atoms with Gasteiger partial charge < -0.3 is 19.1 Å². The summed E-state index contributed by atoms with van der Waals surface area (Å²) in [6.07, 6.45) is 4.78. The normalized spacial score (nSPS) is 14.8. The summed E-state index contributed by atoms with van der Waals surface area (Å²) in [7, 11) is -2.62. The number of nitrogens with one attached hydrogen (secondary N) is 1. The van der Waals surface area contributed by atoms with Gasteiger partial charge in [0.2, 0.25) is 0 Å². The summed E-state index contributed by atoms with van der Waals surface area (Å²) in [6, 6.07) is 20.1. The number of amides is 1. The largest absolute Gasteiger partial charge is 0.493 e. The molecule has 1 aliphatic rings. The first-order valence-corrected chi connectivity index (χ1v) is 14.4. The average Bonchev–Trinajstić information content (AvgIpc) is 3.50. The SMILES string of the molecule is COc1ccc(N(Cc2cccnc2)c2ccc(S(=O)(=O)NC(=O)c3ccc(F)cc3)cc2)cc1OC1CCCO1. The van der Waals surface area contributed by atoms with Crippen LogP contribution in [0.5, 0.6) is 11.5 Å². The number of nitrogens with zero attached hydrogens (tertiary/aromatic N) is 2. The molecule has 4 aromatic rings. The molecule has 1 N–H and O–H groups in total. The van der Waals surface area contributed by atoms with Crippen molar-refractivity contribution in [1.82, 2.24) is 9.71 Å². The van der Waals surface area contributed by atoms with Crippen LogP contribution in [0.1, 0.15) is 28.8 Å². The van der Waals surface area contributed by atoms with E-state index in [4.69, 9.17) is 14.2 Å². The minimum atomic E-state index is -4.19. The second kappa shape index (κ2) is 12.4. The van der Waals surface area contributed by atoms with Crippen LogP contribution >= 0.6 is 0 Å². The molecule has 5 rings (SSSR count). The van der Waals surface area contributed by atoms with Gasteiger partial charge in [0.25, 0.3) is 15.9 Å². The van der Waals surface area contributed by atoms with E-state index in [9.17, 15) is 17.6 Å². The molecule has 1 amide bonds. The van der Waals surface area contributed by atoms with Gasteiger partial charge in [-0.25, -0.2) is 17.5 Å². The van der Waals surface area contributed by atoms with Crippen molar-refractivity contribution < 1.29 is 31.8 Å². The number of anilines is 2. The van der Waals surface area contributed by atoms with Crippen LogP contribution < -0.4 is 19.1 Å². The van der Waals surface area contributed by atoms with Crippen molar-refractivity contribution in [2.75, 3.05) is 18.6 Å². The number of aromatic nitrogens is 1. The predicted octanol–water partition coefficient (Wildman–Crippen LogP) is 5.20. The number of halogens is 1. The lowest BCUT2D eigenvalue weighted by molar-refractivity contribution is -0.0402. The van der Waals surface area contributed by atoms with E-state index in [0.29, 0.717) is 30.3 Å². The Bertz CT molecular complexity index is 1590. The third-order valence-corrected chi connectivity index (χ3v) is 7.81. The molecule has 1 unspecified atom stereocenters. The molecule has 0 bridgehead atoms. The number of rotatable bonds is 10. The zero-order valence-corrected chi connectivity index (χ0v) is 23.0. The second-order valence-corrected chi connectivity index (χ2v) is 11.0. The monoisotopic (exact) mass is 577 g/mol. The molecule has 2 heterocycles. The van der Waals surface area contributed by atoms with E-state index in [1.54, 1.807) is 37.7 Å². The number of methoxy groups -OCH3 is 1. The molecular formula is C30H28FN3O6S. The average molecular weight is 578 g/mol. The molecule has 11 heteroatoms. The van der Waals surface area contributed by atoms with E-state index < -0.39 is 21.7 Å². The van der Waals surface area contributed by atoms with Crippen molar-refractivity contribution in [2.45, 2.75) is 30.6 Å². The minimum Gasteiger partial charge on any atom is -0.493 e. The van der Waals surface area contributed by atoms with Crippen LogP contribution in [0.15, 0.2) is 96.2 Å². The highest BCUT2D eigenvalue weighted by Crippen LogP contribution is 2.37. The second-order valence-electron chi connectivity index (χ2n) is 9.28. The summed E-state index contributed by atoms with van der Waals surface area (Å²) < 4.78 is 58.3. The molecule has 0 radical (unpaired) electrons. The number of carbonyl (C=O) groups is 1. The fourth-order valence-corrected chi connectivity index (χ4v) is 5.33. The van der Waals surface area contributed by atoms with Crippen LogP contribution in [0.3, 0.4) is 0 Å². The maximum absolute atomic E-state index is 13.2. The number of sulfonamides is 1. The molecule has 1 aliphatic heterocycles. The van der Waals surface area contributed by atoms with Crippen LogP contribution in [0.2, 0.25) is 0 Å². The Morgan fingerprint density at radius 2 is 1.80 bits per heavy atom. The Balaban J connectivity index is 1.43. The first-order chi connectivity index (χ1) is 19.8. The Labute approximate surface area is 237 Å². The molecule has 0 saturated carbocycles. The highest BCUT2D eigenvalue weighted by molar-refractivity contribution is 7.90. The first-order valence-electron chi connectivity index (χ1n) is 12.9. The van der Waals surface area contributed by atoms with E-state index in [0.717, 1.165) is 36.2 Å². The van der Waals surface area contributed by atoms with Crippen LogP contribution in [0.4, 0.5) is 15.8 Å². The fourth-order valence-electron chi connectivity index (χ4n) is 4.36. The van der Waals surface area contributed by atoms with E-state index >= 15 is 0 Å². The smallest absolute Gasteiger partial charge is 0.265 e. The molecule has 0 spiro atoms. The van der Waals surface area contributed by atoms with Gasteiger partial charge in [-0.1, -0.05) is 6.07 Å². The number of benzene rings is 3. The van der Waals surface area contributed by atoms with Gasteiger partial charge in [-0.3, -0.25) is 9.78 Å². The van der Waals surface area contributed by atoms with E-state index in [1.807, 2.05) is 33.9 Å². The van der Waals surface area contributed by atoms with Crippen LogP contribution in [-0.4, -0.2) is 39.3 Å². The molecule has 1 atom stereocenters. The summed E-state index contributed by atoms with van der Waals surface area (Å²) in [5.41, 5.74) is 2.40. The lowest BCUT2D eigenvalue weighted by Gasteiger charge is -2.27. The van der Waals surface area contributed by atoms with Crippen molar-refractivity contribution in [3.63, 3.8) is 0 Å². The third-order valence-electron chi connectivity index (χ3n) is 6.46. The number of carbonyl (C=O) groups excluding carboxylic acids is 1. The van der Waals surface area contributed by atoms with Gasteiger partial charge >= 0.3 is 0 Å². The highest BCUT2D eigenvalue weighted by atomic mass is 32.2. The zero-order chi connectivity index (χ0) is 28.8. The van der Waals surface area contributed by atoms with Crippen molar-refractivity contribution in [3.05, 3.63) is 108 Å². The zero-order valence-electron chi connectivity index (χ0n) is 22.2. The summed E-state index contributed by atoms with van der Waals surface area (Å²) in [4.78, 5) is 18.5. The summed E-state index contributed by atoms with van der Waals surface area (Å²) in [5, 5.41) is 0. The maximum Gasteiger partial charge on any atom is 0.265 e. The van der Waals surface area contributed by atoms with Crippen molar-refractivity contribution >= 4 is 27.3 Å². The molecule has 1 aromatic heterocycles. The first kappa shape index (κ1) is 28.1. The Kier molecular flexibility index (Phi) is 8.46. The minimum absolute atomic E-state index is 0.0229. The lowest BCUT2D eigenvalue weighted by atomic mass is 10.2. The van der Waals surface area contributed by atoms with Crippen LogP contribution in [0.25, 0.3) is 0 Å². The van der Waals surface area contributed by atoms with Gasteiger partial charge in [0.05, 0.1) is 18.6 Å². The fraction of sp³-hybridized carbons (Fsp3) is 0.200. The van der Waals surface area contributed by atoms with E-state index in [1.165, 1.54) is 24.3 Å². The van der Waals surface area contributed by atoms with E-state index in [2.05, 4.69) is 4.98 Å².